The Balaban J connectivity index is 2.77. The molecule has 0 saturated carbocycles. The van der Waals surface area contributed by atoms with Gasteiger partial charge in [0.05, 0.1) is 17.4 Å². The van der Waals surface area contributed by atoms with Crippen molar-refractivity contribution < 1.29 is 0 Å². The van der Waals surface area contributed by atoms with Crippen LogP contribution in [0.25, 0.3) is 11.0 Å². The average molecular weight is 192 g/mol. The molecule has 0 radical (unpaired) electrons. The van der Waals surface area contributed by atoms with Gasteiger partial charge in [0, 0.05) is 12.3 Å². The maximum absolute atomic E-state index is 4.42. The second-order valence-electron chi connectivity index (χ2n) is 3.25. The summed E-state index contributed by atoms with van der Waals surface area (Å²) in [4.78, 5) is 4.35. The molecule has 68 valence electrons. The highest BCUT2D eigenvalue weighted by atomic mass is 32.1. The fourth-order valence-corrected chi connectivity index (χ4v) is 1.73. The van der Waals surface area contributed by atoms with Gasteiger partial charge in [-0.15, -0.1) is 0 Å². The van der Waals surface area contributed by atoms with Crippen molar-refractivity contribution in [2.45, 2.75) is 12.2 Å². The Morgan fingerprint density at radius 3 is 2.92 bits per heavy atom. The zero-order chi connectivity index (χ0) is 9.42. The molecule has 0 saturated heterocycles. The summed E-state index contributed by atoms with van der Waals surface area (Å²) < 4.78 is 2.02. The molecule has 2 aromatic rings. The van der Waals surface area contributed by atoms with E-state index in [-0.39, 0.29) is 5.25 Å². The number of hydrogen-bond donors (Lipinski definition) is 1. The fraction of sp³-hybridized carbons (Fsp3) is 0.300. The normalized spacial score (nSPS) is 13.5. The first-order valence-corrected chi connectivity index (χ1v) is 4.80. The lowest BCUT2D eigenvalue weighted by molar-refractivity contribution is 0.947. The van der Waals surface area contributed by atoms with Gasteiger partial charge in [-0.1, -0.05) is 12.1 Å². The van der Waals surface area contributed by atoms with Crippen LogP contribution in [0.3, 0.4) is 0 Å². The van der Waals surface area contributed by atoms with Gasteiger partial charge in [0.15, 0.2) is 0 Å². The van der Waals surface area contributed by atoms with Crippen molar-refractivity contribution in [1.29, 1.82) is 0 Å². The lowest BCUT2D eigenvalue weighted by atomic mass is 10.1. The van der Waals surface area contributed by atoms with E-state index < -0.39 is 0 Å². The quantitative estimate of drug-likeness (QED) is 0.687. The molecule has 3 heteroatoms. The topological polar surface area (TPSA) is 17.8 Å². The third kappa shape index (κ3) is 1.33. The van der Waals surface area contributed by atoms with E-state index in [4.69, 9.17) is 0 Å². The van der Waals surface area contributed by atoms with Gasteiger partial charge in [-0.3, -0.25) is 0 Å². The van der Waals surface area contributed by atoms with E-state index in [0.717, 1.165) is 5.52 Å². The average Bonchev–Trinajstić information content (AvgIpc) is 2.48. The van der Waals surface area contributed by atoms with Crippen molar-refractivity contribution in [3.05, 3.63) is 30.1 Å². The first kappa shape index (κ1) is 8.63. The van der Waals surface area contributed by atoms with Gasteiger partial charge in [-0.05, 0) is 18.6 Å². The van der Waals surface area contributed by atoms with Gasteiger partial charge < -0.3 is 4.57 Å². The van der Waals surface area contributed by atoms with Crippen molar-refractivity contribution in [2.24, 2.45) is 7.05 Å². The summed E-state index contributed by atoms with van der Waals surface area (Å²) in [7, 11) is 2.00. The molecule has 1 heterocycles. The summed E-state index contributed by atoms with van der Waals surface area (Å²) in [5.41, 5.74) is 3.42. The molecule has 0 amide bonds. The number of aryl methyl sites for hydroxylation is 1. The second kappa shape index (κ2) is 3.07. The molecule has 1 atom stereocenters. The molecule has 2 nitrogen and oxygen atoms in total. The van der Waals surface area contributed by atoms with Crippen LogP contribution in [0.1, 0.15) is 17.7 Å². The smallest absolute Gasteiger partial charge is 0.0955 e. The van der Waals surface area contributed by atoms with Gasteiger partial charge >= 0.3 is 0 Å². The number of aromatic nitrogens is 2. The lowest BCUT2D eigenvalue weighted by Crippen LogP contribution is -1.88. The van der Waals surface area contributed by atoms with E-state index >= 15 is 0 Å². The maximum atomic E-state index is 4.42. The van der Waals surface area contributed by atoms with Crippen molar-refractivity contribution in [1.82, 2.24) is 9.55 Å². The van der Waals surface area contributed by atoms with Crippen LogP contribution in [0, 0.1) is 0 Å². The van der Waals surface area contributed by atoms with Crippen LogP contribution < -0.4 is 0 Å². The van der Waals surface area contributed by atoms with Crippen LogP contribution in [0.2, 0.25) is 0 Å². The molecule has 1 aromatic heterocycles. The zero-order valence-corrected chi connectivity index (χ0v) is 8.62. The van der Waals surface area contributed by atoms with E-state index in [9.17, 15) is 0 Å². The molecular formula is C10H12N2S. The molecule has 0 bridgehead atoms. The highest BCUT2D eigenvalue weighted by Gasteiger charge is 2.07. The number of hydrogen-bond acceptors (Lipinski definition) is 2. The number of thiol groups is 1. The molecule has 1 aromatic carbocycles. The minimum atomic E-state index is 0.235. The zero-order valence-electron chi connectivity index (χ0n) is 7.73. The molecule has 0 fully saturated rings. The minimum absolute atomic E-state index is 0.235. The Kier molecular flexibility index (Phi) is 2.04. The molecule has 2 rings (SSSR count). The third-order valence-electron chi connectivity index (χ3n) is 2.24. The van der Waals surface area contributed by atoms with Crippen molar-refractivity contribution in [3.8, 4) is 0 Å². The number of imidazole rings is 1. The Morgan fingerprint density at radius 1 is 1.46 bits per heavy atom. The Morgan fingerprint density at radius 2 is 2.23 bits per heavy atom. The standard InChI is InChI=1S/C10H12N2S/c1-7(13)8-4-3-5-9-10(8)11-6-12(9)2/h3-7,13H,1-2H3. The van der Waals surface area contributed by atoms with E-state index in [2.05, 4.69) is 36.7 Å². The maximum Gasteiger partial charge on any atom is 0.0955 e. The molecular weight excluding hydrogens is 180 g/mol. The predicted octanol–water partition coefficient (Wildman–Crippen LogP) is 2.56. The molecule has 0 spiro atoms. The fourth-order valence-electron chi connectivity index (χ4n) is 1.52. The van der Waals surface area contributed by atoms with Crippen LogP contribution in [0.5, 0.6) is 0 Å². The van der Waals surface area contributed by atoms with Crippen LogP contribution in [-0.2, 0) is 7.05 Å². The van der Waals surface area contributed by atoms with Gasteiger partial charge in [-0.2, -0.15) is 12.6 Å². The van der Waals surface area contributed by atoms with Crippen LogP contribution in [0.4, 0.5) is 0 Å². The molecule has 0 N–H and O–H groups in total. The van der Waals surface area contributed by atoms with Crippen LogP contribution in [0.15, 0.2) is 24.5 Å². The largest absolute Gasteiger partial charge is 0.334 e. The Labute approximate surface area is 83.0 Å². The number of rotatable bonds is 1. The van der Waals surface area contributed by atoms with Gasteiger partial charge in [0.1, 0.15) is 0 Å². The van der Waals surface area contributed by atoms with E-state index in [0.29, 0.717) is 0 Å². The summed E-state index contributed by atoms with van der Waals surface area (Å²) in [6.07, 6.45) is 1.84. The van der Waals surface area contributed by atoms with Crippen molar-refractivity contribution in [2.75, 3.05) is 0 Å². The summed E-state index contributed by atoms with van der Waals surface area (Å²) in [6.45, 7) is 2.06. The molecule has 13 heavy (non-hydrogen) atoms. The SMILES string of the molecule is CC(S)c1cccc2c1ncn2C. The van der Waals surface area contributed by atoms with Crippen molar-refractivity contribution >= 4 is 23.7 Å². The predicted molar refractivity (Wildman–Crippen MR) is 58.1 cm³/mol. The van der Waals surface area contributed by atoms with Gasteiger partial charge in [0.2, 0.25) is 0 Å². The molecule has 0 aliphatic heterocycles. The molecule has 0 aliphatic rings. The van der Waals surface area contributed by atoms with Crippen molar-refractivity contribution in [3.63, 3.8) is 0 Å². The number of nitrogens with zero attached hydrogens (tertiary/aromatic N) is 2. The third-order valence-corrected chi connectivity index (χ3v) is 2.51. The first-order valence-electron chi connectivity index (χ1n) is 4.28. The molecule has 0 aliphatic carbocycles. The first-order chi connectivity index (χ1) is 6.20. The monoisotopic (exact) mass is 192 g/mol. The minimum Gasteiger partial charge on any atom is -0.334 e. The number of fused-ring (bicyclic) bond motifs is 1. The summed E-state index contributed by atoms with van der Waals surface area (Å²) in [5, 5.41) is 0.235. The van der Waals surface area contributed by atoms with E-state index in [1.807, 2.05) is 24.0 Å². The van der Waals surface area contributed by atoms with Gasteiger partial charge in [0.25, 0.3) is 0 Å². The highest BCUT2D eigenvalue weighted by molar-refractivity contribution is 7.80. The summed E-state index contributed by atoms with van der Waals surface area (Å²) in [6, 6.07) is 6.20. The molecule has 1 unspecified atom stereocenters. The Bertz CT molecular complexity index is 431. The highest BCUT2D eigenvalue weighted by Crippen LogP contribution is 2.25. The second-order valence-corrected chi connectivity index (χ2v) is 4.02. The van der Waals surface area contributed by atoms with Crippen LogP contribution >= 0.6 is 12.6 Å². The summed E-state index contributed by atoms with van der Waals surface area (Å²) >= 11 is 4.42. The summed E-state index contributed by atoms with van der Waals surface area (Å²) in [5.74, 6) is 0. The van der Waals surface area contributed by atoms with Crippen LogP contribution in [-0.4, -0.2) is 9.55 Å². The van der Waals surface area contributed by atoms with E-state index in [1.165, 1.54) is 11.1 Å². The lowest BCUT2D eigenvalue weighted by Gasteiger charge is -2.04. The van der Waals surface area contributed by atoms with Gasteiger partial charge in [-0.25, -0.2) is 4.98 Å². The Hall–Kier alpha value is -0.960. The number of para-hydroxylation sites is 1. The number of benzene rings is 1. The van der Waals surface area contributed by atoms with E-state index in [1.54, 1.807) is 0 Å².